The Morgan fingerprint density at radius 3 is 1.96 bits per heavy atom. The van der Waals surface area contributed by atoms with E-state index >= 15 is 0 Å². The molecule has 0 aliphatic heterocycles. The minimum Gasteiger partial charge on any atom is -0.385 e. The van der Waals surface area contributed by atoms with E-state index in [-0.39, 0.29) is 0 Å². The molecule has 0 bridgehead atoms. The topological polar surface area (TPSA) is 38.0 Å². The van der Waals surface area contributed by atoms with Crippen LogP contribution >= 0.6 is 11.8 Å². The zero-order valence-corrected chi connectivity index (χ0v) is 16.2. The van der Waals surface area contributed by atoms with Crippen LogP contribution in [0.15, 0.2) is 89.8 Å². The van der Waals surface area contributed by atoms with E-state index in [1.807, 2.05) is 30.0 Å². The van der Waals surface area contributed by atoms with Gasteiger partial charge in [0.05, 0.1) is 0 Å². The molecule has 0 saturated carbocycles. The Morgan fingerprint density at radius 1 is 0.808 bits per heavy atom. The Morgan fingerprint density at radius 2 is 1.42 bits per heavy atom. The molecule has 0 unspecified atom stereocenters. The number of aryl methyl sites for hydroxylation is 1. The predicted octanol–water partition coefficient (Wildman–Crippen LogP) is 5.73. The summed E-state index contributed by atoms with van der Waals surface area (Å²) in [6.45, 7) is 3.75. The molecule has 3 rings (SSSR count). The van der Waals surface area contributed by atoms with Crippen molar-refractivity contribution in [3.05, 3.63) is 96.1 Å². The van der Waals surface area contributed by atoms with Crippen molar-refractivity contribution in [1.29, 1.82) is 0 Å². The van der Waals surface area contributed by atoms with Gasteiger partial charge in [0.2, 0.25) is 0 Å². The van der Waals surface area contributed by atoms with Gasteiger partial charge in [0.1, 0.15) is 0 Å². The molecule has 0 radical (unpaired) electrons. The van der Waals surface area contributed by atoms with E-state index in [0.717, 1.165) is 31.0 Å². The van der Waals surface area contributed by atoms with Gasteiger partial charge in [-0.3, -0.25) is 0 Å². The summed E-state index contributed by atoms with van der Waals surface area (Å²) in [5.74, 6) is 1.01. The highest BCUT2D eigenvalue weighted by Gasteiger charge is 1.97. The van der Waals surface area contributed by atoms with Crippen LogP contribution in [-0.4, -0.2) is 13.1 Å². The Labute approximate surface area is 161 Å². The van der Waals surface area contributed by atoms with Crippen LogP contribution in [0.4, 0.5) is 5.69 Å². The molecular formula is C23H28N2S. The lowest BCUT2D eigenvalue weighted by Crippen LogP contribution is -2.08. The Hall–Kier alpha value is -2.23. The van der Waals surface area contributed by atoms with Crippen molar-refractivity contribution in [2.75, 3.05) is 18.4 Å². The molecule has 0 aromatic heterocycles. The SMILES string of the molecule is Cc1ccccc1.NCCCNc1ccc(SCc2ccccc2)cc1. The molecule has 2 nitrogen and oxygen atoms in total. The minimum atomic E-state index is 0.734. The quantitative estimate of drug-likeness (QED) is 0.415. The van der Waals surface area contributed by atoms with Crippen LogP contribution in [-0.2, 0) is 5.75 Å². The maximum absolute atomic E-state index is 5.47. The van der Waals surface area contributed by atoms with Crippen LogP contribution < -0.4 is 11.1 Å². The first-order valence-electron chi connectivity index (χ1n) is 9.00. The van der Waals surface area contributed by atoms with Crippen LogP contribution in [0.25, 0.3) is 0 Å². The zero-order valence-electron chi connectivity index (χ0n) is 15.4. The first-order valence-corrected chi connectivity index (χ1v) is 9.99. The van der Waals surface area contributed by atoms with Gasteiger partial charge in [0.15, 0.2) is 0 Å². The van der Waals surface area contributed by atoms with Gasteiger partial charge in [-0.25, -0.2) is 0 Å². The van der Waals surface area contributed by atoms with Gasteiger partial charge in [-0.2, -0.15) is 0 Å². The smallest absolute Gasteiger partial charge is 0.0340 e. The molecule has 0 aliphatic carbocycles. The monoisotopic (exact) mass is 364 g/mol. The second-order valence-electron chi connectivity index (χ2n) is 6.02. The number of anilines is 1. The maximum atomic E-state index is 5.47. The lowest BCUT2D eigenvalue weighted by Gasteiger charge is -2.07. The molecule has 136 valence electrons. The number of nitrogens with one attached hydrogen (secondary N) is 1. The van der Waals surface area contributed by atoms with Crippen LogP contribution in [0.2, 0.25) is 0 Å². The summed E-state index contributed by atoms with van der Waals surface area (Å²) in [6, 6.07) is 29.4. The van der Waals surface area contributed by atoms with Crippen LogP contribution in [0.1, 0.15) is 17.5 Å². The van der Waals surface area contributed by atoms with Crippen LogP contribution in [0.3, 0.4) is 0 Å². The molecule has 0 atom stereocenters. The standard InChI is InChI=1S/C16H20N2S.C7H8/c17-11-4-12-18-15-7-9-16(10-8-15)19-13-14-5-2-1-3-6-14;1-7-5-3-2-4-6-7/h1-3,5-10,18H,4,11-13,17H2;2-6H,1H3. The van der Waals surface area contributed by atoms with Gasteiger partial charge >= 0.3 is 0 Å². The van der Waals surface area contributed by atoms with Gasteiger partial charge in [-0.05, 0) is 49.7 Å². The third kappa shape index (κ3) is 8.24. The van der Waals surface area contributed by atoms with E-state index in [4.69, 9.17) is 5.73 Å². The van der Waals surface area contributed by atoms with Crippen molar-refractivity contribution in [1.82, 2.24) is 0 Å². The fourth-order valence-corrected chi connectivity index (χ4v) is 3.13. The van der Waals surface area contributed by atoms with Crippen LogP contribution in [0.5, 0.6) is 0 Å². The lowest BCUT2D eigenvalue weighted by molar-refractivity contribution is 0.874. The van der Waals surface area contributed by atoms with Crippen molar-refractivity contribution < 1.29 is 0 Å². The Bertz CT molecular complexity index is 712. The van der Waals surface area contributed by atoms with Gasteiger partial charge < -0.3 is 11.1 Å². The lowest BCUT2D eigenvalue weighted by atomic mass is 10.2. The van der Waals surface area contributed by atoms with Crippen molar-refractivity contribution in [2.24, 2.45) is 5.73 Å². The first-order chi connectivity index (χ1) is 12.8. The van der Waals surface area contributed by atoms with E-state index in [1.54, 1.807) is 0 Å². The van der Waals surface area contributed by atoms with E-state index in [9.17, 15) is 0 Å². The highest BCUT2D eigenvalue weighted by Crippen LogP contribution is 2.24. The van der Waals surface area contributed by atoms with E-state index in [1.165, 1.54) is 16.0 Å². The molecular weight excluding hydrogens is 336 g/mol. The first kappa shape index (κ1) is 20.1. The highest BCUT2D eigenvalue weighted by molar-refractivity contribution is 7.98. The fourth-order valence-electron chi connectivity index (χ4n) is 2.28. The molecule has 0 heterocycles. The van der Waals surface area contributed by atoms with E-state index in [0.29, 0.717) is 0 Å². The Kier molecular flexibility index (Phi) is 9.41. The highest BCUT2D eigenvalue weighted by atomic mass is 32.2. The predicted molar refractivity (Wildman–Crippen MR) is 116 cm³/mol. The molecule has 3 heteroatoms. The Balaban J connectivity index is 0.000000290. The summed E-state index contributed by atoms with van der Waals surface area (Å²) < 4.78 is 0. The molecule has 26 heavy (non-hydrogen) atoms. The average molecular weight is 365 g/mol. The number of benzene rings is 3. The summed E-state index contributed by atoms with van der Waals surface area (Å²) in [5, 5.41) is 3.36. The van der Waals surface area contributed by atoms with Gasteiger partial charge in [0, 0.05) is 22.9 Å². The number of rotatable bonds is 7. The summed E-state index contributed by atoms with van der Waals surface area (Å²) in [4.78, 5) is 1.30. The normalized spacial score (nSPS) is 9.92. The van der Waals surface area contributed by atoms with Gasteiger partial charge in [-0.1, -0.05) is 66.2 Å². The van der Waals surface area contributed by atoms with Crippen molar-refractivity contribution in [2.45, 2.75) is 24.0 Å². The molecule has 0 spiro atoms. The summed E-state index contributed by atoms with van der Waals surface area (Å²) in [6.07, 6.45) is 1.00. The minimum absolute atomic E-state index is 0.734. The molecule has 0 fully saturated rings. The largest absolute Gasteiger partial charge is 0.385 e. The summed E-state index contributed by atoms with van der Waals surface area (Å²) in [5.41, 5.74) is 9.31. The van der Waals surface area contributed by atoms with Gasteiger partial charge in [-0.15, -0.1) is 11.8 Å². The third-order valence-electron chi connectivity index (χ3n) is 3.75. The second-order valence-corrected chi connectivity index (χ2v) is 7.07. The molecule has 3 aromatic rings. The molecule has 0 aliphatic rings. The zero-order chi connectivity index (χ0) is 18.5. The maximum Gasteiger partial charge on any atom is 0.0340 e. The average Bonchev–Trinajstić information content (AvgIpc) is 2.69. The number of nitrogens with two attached hydrogens (primary N) is 1. The number of hydrogen-bond acceptors (Lipinski definition) is 3. The van der Waals surface area contributed by atoms with E-state index < -0.39 is 0 Å². The summed E-state index contributed by atoms with van der Waals surface area (Å²) >= 11 is 1.86. The molecule has 3 N–H and O–H groups in total. The number of thioether (sulfide) groups is 1. The van der Waals surface area contributed by atoms with Crippen molar-refractivity contribution in [3.8, 4) is 0 Å². The van der Waals surface area contributed by atoms with Crippen molar-refractivity contribution in [3.63, 3.8) is 0 Å². The number of hydrogen-bond donors (Lipinski definition) is 2. The molecule has 3 aromatic carbocycles. The third-order valence-corrected chi connectivity index (χ3v) is 4.84. The molecule has 0 saturated heterocycles. The van der Waals surface area contributed by atoms with E-state index in [2.05, 4.69) is 79.0 Å². The van der Waals surface area contributed by atoms with Crippen LogP contribution in [0, 0.1) is 6.92 Å². The van der Waals surface area contributed by atoms with Gasteiger partial charge in [0.25, 0.3) is 0 Å². The fraction of sp³-hybridized carbons (Fsp3) is 0.217. The van der Waals surface area contributed by atoms with Crippen molar-refractivity contribution >= 4 is 17.4 Å². The second kappa shape index (κ2) is 12.2. The summed E-state index contributed by atoms with van der Waals surface area (Å²) in [7, 11) is 0. The molecule has 0 amide bonds.